The maximum atomic E-state index is 11.7. The van der Waals surface area contributed by atoms with E-state index in [4.69, 9.17) is 10.5 Å². The summed E-state index contributed by atoms with van der Waals surface area (Å²) in [7, 11) is 0. The van der Waals surface area contributed by atoms with E-state index in [0.717, 1.165) is 12.8 Å². The average Bonchev–Trinajstić information content (AvgIpc) is 2.85. The number of hydrogen-bond acceptors (Lipinski definition) is 5. The molecule has 2 aromatic heterocycles. The molecule has 90 valence electrons. The van der Waals surface area contributed by atoms with Crippen molar-refractivity contribution in [2.24, 2.45) is 0 Å². The van der Waals surface area contributed by atoms with E-state index in [-0.39, 0.29) is 28.6 Å². The summed E-state index contributed by atoms with van der Waals surface area (Å²) in [6.07, 6.45) is 1.40. The van der Waals surface area contributed by atoms with Gasteiger partial charge in [0.1, 0.15) is 11.2 Å². The number of aromatic amines is 2. The summed E-state index contributed by atoms with van der Waals surface area (Å²) < 4.78 is 6.91. The molecular formula is C9H11N5O3. The van der Waals surface area contributed by atoms with E-state index in [0.29, 0.717) is 6.61 Å². The molecule has 0 amide bonds. The van der Waals surface area contributed by atoms with Crippen molar-refractivity contribution >= 4 is 16.9 Å². The zero-order chi connectivity index (χ0) is 12.0. The van der Waals surface area contributed by atoms with Gasteiger partial charge >= 0.3 is 5.69 Å². The number of nitrogen functional groups attached to an aromatic ring is 1. The van der Waals surface area contributed by atoms with Gasteiger partial charge in [-0.25, -0.2) is 9.48 Å². The van der Waals surface area contributed by atoms with Crippen LogP contribution in [-0.4, -0.2) is 26.4 Å². The number of aromatic nitrogens is 4. The molecule has 0 aliphatic carbocycles. The second-order valence-electron chi connectivity index (χ2n) is 3.93. The van der Waals surface area contributed by atoms with Gasteiger partial charge in [-0.05, 0) is 12.8 Å². The second kappa shape index (κ2) is 3.45. The van der Waals surface area contributed by atoms with Crippen molar-refractivity contribution in [2.75, 3.05) is 12.3 Å². The summed E-state index contributed by atoms with van der Waals surface area (Å²) in [4.78, 5) is 29.0. The fourth-order valence-electron chi connectivity index (χ4n) is 2.07. The molecule has 4 N–H and O–H groups in total. The number of nitrogens with zero attached hydrogens (tertiary/aromatic N) is 2. The minimum Gasteiger partial charge on any atom is -0.384 e. The molecule has 1 unspecified atom stereocenters. The van der Waals surface area contributed by atoms with Gasteiger partial charge in [0.25, 0.3) is 5.56 Å². The zero-order valence-corrected chi connectivity index (χ0v) is 8.90. The van der Waals surface area contributed by atoms with Crippen molar-refractivity contribution in [3.05, 3.63) is 20.8 Å². The molecule has 2 aromatic rings. The molecule has 0 bridgehead atoms. The summed E-state index contributed by atoms with van der Waals surface area (Å²) >= 11 is 0. The quantitative estimate of drug-likeness (QED) is 0.606. The molecule has 8 nitrogen and oxygen atoms in total. The minimum absolute atomic E-state index is 0.0259. The van der Waals surface area contributed by atoms with Gasteiger partial charge < -0.3 is 10.5 Å². The number of hydrogen-bond donors (Lipinski definition) is 3. The first-order chi connectivity index (χ1) is 8.16. The van der Waals surface area contributed by atoms with E-state index in [9.17, 15) is 9.59 Å². The van der Waals surface area contributed by atoms with Crippen LogP contribution in [-0.2, 0) is 4.74 Å². The van der Waals surface area contributed by atoms with Gasteiger partial charge in [-0.15, -0.1) is 0 Å². The van der Waals surface area contributed by atoms with E-state index in [2.05, 4.69) is 15.1 Å². The molecule has 0 spiro atoms. The smallest absolute Gasteiger partial charge is 0.348 e. The third kappa shape index (κ3) is 1.45. The molecule has 3 heterocycles. The van der Waals surface area contributed by atoms with Crippen molar-refractivity contribution < 1.29 is 4.74 Å². The van der Waals surface area contributed by atoms with Gasteiger partial charge in [0.15, 0.2) is 11.9 Å². The van der Waals surface area contributed by atoms with Crippen molar-refractivity contribution in [3.63, 3.8) is 0 Å². The number of ether oxygens (including phenoxy) is 1. The molecule has 1 aliphatic heterocycles. The van der Waals surface area contributed by atoms with Crippen LogP contribution < -0.4 is 17.0 Å². The van der Waals surface area contributed by atoms with Gasteiger partial charge in [-0.1, -0.05) is 0 Å². The summed E-state index contributed by atoms with van der Waals surface area (Å²) in [5.74, 6) is 0.0259. The Labute approximate surface area is 94.4 Å². The minimum atomic E-state index is -0.583. The first-order valence-electron chi connectivity index (χ1n) is 5.28. The lowest BCUT2D eigenvalue weighted by molar-refractivity contribution is 0.0495. The Morgan fingerprint density at radius 1 is 1.47 bits per heavy atom. The molecule has 8 heteroatoms. The van der Waals surface area contributed by atoms with Crippen LogP contribution in [0.5, 0.6) is 0 Å². The van der Waals surface area contributed by atoms with Crippen molar-refractivity contribution in [2.45, 2.75) is 19.1 Å². The van der Waals surface area contributed by atoms with Crippen LogP contribution in [0.3, 0.4) is 0 Å². The van der Waals surface area contributed by atoms with E-state index in [1.165, 1.54) is 4.68 Å². The lowest BCUT2D eigenvalue weighted by atomic mass is 10.3. The zero-order valence-electron chi connectivity index (χ0n) is 8.90. The van der Waals surface area contributed by atoms with Crippen LogP contribution in [0.1, 0.15) is 19.1 Å². The molecule has 1 aliphatic rings. The Morgan fingerprint density at radius 2 is 2.29 bits per heavy atom. The van der Waals surface area contributed by atoms with E-state index >= 15 is 0 Å². The molecule has 3 rings (SSSR count). The van der Waals surface area contributed by atoms with Crippen LogP contribution in [0.15, 0.2) is 9.59 Å². The highest BCUT2D eigenvalue weighted by Crippen LogP contribution is 2.24. The fourth-order valence-corrected chi connectivity index (χ4v) is 2.07. The third-order valence-electron chi connectivity index (χ3n) is 2.81. The molecule has 0 radical (unpaired) electrons. The van der Waals surface area contributed by atoms with Crippen molar-refractivity contribution in [3.8, 4) is 0 Å². The summed E-state index contributed by atoms with van der Waals surface area (Å²) in [5, 5.41) is 2.79. The van der Waals surface area contributed by atoms with Crippen molar-refractivity contribution in [1.29, 1.82) is 0 Å². The molecule has 0 saturated carbocycles. The van der Waals surface area contributed by atoms with Gasteiger partial charge in [0.05, 0.1) is 0 Å². The summed E-state index contributed by atoms with van der Waals surface area (Å²) in [6.45, 7) is 0.630. The number of nitrogens with two attached hydrogens (primary N) is 1. The van der Waals surface area contributed by atoms with Crippen LogP contribution in [0.2, 0.25) is 0 Å². The number of rotatable bonds is 1. The van der Waals surface area contributed by atoms with Crippen LogP contribution in [0.4, 0.5) is 5.82 Å². The van der Waals surface area contributed by atoms with E-state index in [1.807, 2.05) is 0 Å². The molecule has 1 fully saturated rings. The predicted molar refractivity (Wildman–Crippen MR) is 59.6 cm³/mol. The Hall–Kier alpha value is -2.09. The first-order valence-corrected chi connectivity index (χ1v) is 5.28. The van der Waals surface area contributed by atoms with Crippen LogP contribution >= 0.6 is 0 Å². The molecule has 17 heavy (non-hydrogen) atoms. The Kier molecular flexibility index (Phi) is 2.05. The SMILES string of the molecule is Nc1[nH]c(=O)nc2c1c(=O)[nH]n2C1CCCO1. The number of anilines is 1. The van der Waals surface area contributed by atoms with Gasteiger partial charge in [0, 0.05) is 6.61 Å². The highest BCUT2D eigenvalue weighted by molar-refractivity contribution is 5.84. The molecule has 0 aromatic carbocycles. The highest BCUT2D eigenvalue weighted by atomic mass is 16.5. The lowest BCUT2D eigenvalue weighted by Gasteiger charge is -2.10. The molecule has 1 atom stereocenters. The van der Waals surface area contributed by atoms with Crippen LogP contribution in [0, 0.1) is 0 Å². The largest absolute Gasteiger partial charge is 0.384 e. The monoisotopic (exact) mass is 237 g/mol. The third-order valence-corrected chi connectivity index (χ3v) is 2.81. The van der Waals surface area contributed by atoms with Crippen LogP contribution in [0.25, 0.3) is 11.0 Å². The highest BCUT2D eigenvalue weighted by Gasteiger charge is 2.22. The fraction of sp³-hybridized carbons (Fsp3) is 0.444. The normalized spacial score (nSPS) is 20.1. The Morgan fingerprint density at radius 3 is 3.00 bits per heavy atom. The van der Waals surface area contributed by atoms with E-state index in [1.54, 1.807) is 0 Å². The molecular weight excluding hydrogens is 226 g/mol. The van der Waals surface area contributed by atoms with Crippen molar-refractivity contribution in [1.82, 2.24) is 19.7 Å². The standard InChI is InChI=1S/C9H11N5O3/c10-6-5-7(12-9(16)11-6)14(13-8(5)15)4-2-1-3-17-4/h4H,1-3H2,(H,13,15)(H3,10,11,12,16). The van der Waals surface area contributed by atoms with Gasteiger partial charge in [-0.3, -0.25) is 14.9 Å². The Balaban J connectivity index is 2.32. The predicted octanol–water partition coefficient (Wildman–Crippen LogP) is -0.696. The first kappa shape index (κ1) is 10.1. The maximum Gasteiger partial charge on any atom is 0.348 e. The topological polar surface area (TPSA) is 119 Å². The lowest BCUT2D eigenvalue weighted by Crippen LogP contribution is -2.16. The number of fused-ring (bicyclic) bond motifs is 1. The average molecular weight is 237 g/mol. The van der Waals surface area contributed by atoms with Gasteiger partial charge in [0.2, 0.25) is 0 Å². The number of H-pyrrole nitrogens is 2. The number of nitrogens with one attached hydrogen (secondary N) is 2. The molecule has 1 saturated heterocycles. The van der Waals surface area contributed by atoms with Gasteiger partial charge in [-0.2, -0.15) is 4.98 Å². The second-order valence-corrected chi connectivity index (χ2v) is 3.93. The maximum absolute atomic E-state index is 11.7. The summed E-state index contributed by atoms with van der Waals surface area (Å²) in [6, 6.07) is 0. The Bertz CT molecular complexity index is 676. The summed E-state index contributed by atoms with van der Waals surface area (Å²) in [5.41, 5.74) is 4.88. The van der Waals surface area contributed by atoms with E-state index < -0.39 is 5.69 Å².